The highest BCUT2D eigenvalue weighted by atomic mass is 35.5. The number of aromatic nitrogens is 1. The highest BCUT2D eigenvalue weighted by molar-refractivity contribution is 7.15. The van der Waals surface area contributed by atoms with Crippen LogP contribution in [0.4, 0.5) is 18.3 Å². The van der Waals surface area contributed by atoms with Crippen LogP contribution >= 0.6 is 34.5 Å². The fraction of sp³-hybridized carbons (Fsp3) is 0.100. The van der Waals surface area contributed by atoms with Gasteiger partial charge in [0.05, 0.1) is 5.56 Å². The summed E-state index contributed by atoms with van der Waals surface area (Å²) in [5, 5.41) is 4.06. The summed E-state index contributed by atoms with van der Waals surface area (Å²) < 4.78 is 38.2. The Balaban J connectivity index is 1.62. The third kappa shape index (κ3) is 6.06. The van der Waals surface area contributed by atoms with E-state index in [0.717, 1.165) is 28.6 Å². The molecule has 0 saturated carbocycles. The molecular formula is C20H13Cl2F3N2OS. The van der Waals surface area contributed by atoms with Gasteiger partial charge in [-0.3, -0.25) is 10.1 Å². The van der Waals surface area contributed by atoms with E-state index < -0.39 is 17.6 Å². The number of nitrogens with one attached hydrogen (secondary N) is 1. The van der Waals surface area contributed by atoms with Crippen molar-refractivity contribution in [1.82, 2.24) is 4.98 Å². The highest BCUT2D eigenvalue weighted by Crippen LogP contribution is 2.30. The van der Waals surface area contributed by atoms with E-state index >= 15 is 0 Å². The average Bonchev–Trinajstić information content (AvgIpc) is 3.09. The smallest absolute Gasteiger partial charge is 0.298 e. The normalized spacial score (nSPS) is 11.8. The minimum atomic E-state index is -4.43. The standard InChI is InChI=1S/C20H13Cl2F3N2OS/c21-15-6-5-13(17(22)10-15)9-16-11-26-19(29-16)27-18(28)7-4-12-2-1-3-14(8-12)20(23,24)25/h1-8,10-11H,9H2,(H,26,27,28)/b7-4+. The van der Waals surface area contributed by atoms with Crippen LogP contribution < -0.4 is 5.32 Å². The largest absolute Gasteiger partial charge is 0.416 e. The van der Waals surface area contributed by atoms with Crippen LogP contribution in [-0.2, 0) is 17.4 Å². The number of anilines is 1. The Morgan fingerprint density at radius 1 is 1.17 bits per heavy atom. The Labute approximate surface area is 178 Å². The molecule has 3 aromatic rings. The zero-order valence-electron chi connectivity index (χ0n) is 14.6. The van der Waals surface area contributed by atoms with Crippen molar-refractivity contribution in [3.8, 4) is 0 Å². The summed E-state index contributed by atoms with van der Waals surface area (Å²) in [6, 6.07) is 9.93. The van der Waals surface area contributed by atoms with Crippen molar-refractivity contribution in [2.24, 2.45) is 0 Å². The summed E-state index contributed by atoms with van der Waals surface area (Å²) in [7, 11) is 0. The molecule has 3 nitrogen and oxygen atoms in total. The van der Waals surface area contributed by atoms with Crippen molar-refractivity contribution in [3.63, 3.8) is 0 Å². The van der Waals surface area contributed by atoms with E-state index in [2.05, 4.69) is 10.3 Å². The third-order valence-corrected chi connectivity index (χ3v) is 5.30. The number of rotatable bonds is 5. The maximum absolute atomic E-state index is 12.7. The molecule has 1 N–H and O–H groups in total. The van der Waals surface area contributed by atoms with Crippen molar-refractivity contribution >= 4 is 51.7 Å². The van der Waals surface area contributed by atoms with Crippen molar-refractivity contribution in [2.75, 3.05) is 5.32 Å². The summed E-state index contributed by atoms with van der Waals surface area (Å²) in [4.78, 5) is 17.1. The Kier molecular flexibility index (Phi) is 6.62. The molecule has 150 valence electrons. The lowest BCUT2D eigenvalue weighted by molar-refractivity contribution is -0.137. The van der Waals surface area contributed by atoms with Gasteiger partial charge in [-0.25, -0.2) is 4.98 Å². The van der Waals surface area contributed by atoms with E-state index in [9.17, 15) is 18.0 Å². The molecule has 0 aliphatic heterocycles. The fourth-order valence-electron chi connectivity index (χ4n) is 2.44. The minimum Gasteiger partial charge on any atom is -0.298 e. The topological polar surface area (TPSA) is 42.0 Å². The molecule has 9 heteroatoms. The zero-order valence-corrected chi connectivity index (χ0v) is 17.0. The molecular weight excluding hydrogens is 444 g/mol. The second-order valence-electron chi connectivity index (χ2n) is 5.99. The van der Waals surface area contributed by atoms with Crippen LogP contribution in [-0.4, -0.2) is 10.9 Å². The van der Waals surface area contributed by atoms with Gasteiger partial charge in [-0.05, 0) is 41.5 Å². The lowest BCUT2D eigenvalue weighted by Gasteiger charge is -2.06. The quantitative estimate of drug-likeness (QED) is 0.433. The first-order valence-electron chi connectivity index (χ1n) is 8.25. The van der Waals surface area contributed by atoms with Crippen molar-refractivity contribution < 1.29 is 18.0 Å². The van der Waals surface area contributed by atoms with Gasteiger partial charge >= 0.3 is 6.18 Å². The predicted molar refractivity (Wildman–Crippen MR) is 110 cm³/mol. The first kappa shape index (κ1) is 21.4. The fourth-order valence-corrected chi connectivity index (χ4v) is 3.75. The molecule has 29 heavy (non-hydrogen) atoms. The number of hydrogen-bond acceptors (Lipinski definition) is 3. The number of halogens is 5. The van der Waals surface area contributed by atoms with Crippen LogP contribution in [0.2, 0.25) is 10.0 Å². The molecule has 0 aliphatic rings. The molecule has 0 spiro atoms. The summed E-state index contributed by atoms with van der Waals surface area (Å²) >= 11 is 13.3. The van der Waals surface area contributed by atoms with E-state index in [4.69, 9.17) is 23.2 Å². The molecule has 0 fully saturated rings. The number of carbonyl (C=O) groups is 1. The molecule has 0 atom stereocenters. The van der Waals surface area contributed by atoms with Crippen LogP contribution in [0, 0.1) is 0 Å². The molecule has 3 rings (SSSR count). The number of benzene rings is 2. The van der Waals surface area contributed by atoms with Crippen molar-refractivity contribution in [2.45, 2.75) is 12.6 Å². The lowest BCUT2D eigenvalue weighted by atomic mass is 10.1. The first-order valence-corrected chi connectivity index (χ1v) is 9.83. The van der Waals surface area contributed by atoms with Crippen molar-refractivity contribution in [3.05, 3.63) is 86.4 Å². The van der Waals surface area contributed by atoms with E-state index in [-0.39, 0.29) is 5.56 Å². The highest BCUT2D eigenvalue weighted by Gasteiger charge is 2.30. The summed E-state index contributed by atoms with van der Waals surface area (Å²) in [6.07, 6.45) is 0.195. The van der Waals surface area contributed by atoms with Crippen LogP contribution in [0.3, 0.4) is 0 Å². The maximum Gasteiger partial charge on any atom is 0.416 e. The second-order valence-corrected chi connectivity index (χ2v) is 7.95. The van der Waals surface area contributed by atoms with Crippen LogP contribution in [0.1, 0.15) is 21.6 Å². The van der Waals surface area contributed by atoms with E-state index in [1.54, 1.807) is 18.3 Å². The summed E-state index contributed by atoms with van der Waals surface area (Å²) in [5.41, 5.74) is 0.375. The van der Waals surface area contributed by atoms with Gasteiger partial charge in [0.15, 0.2) is 5.13 Å². The second kappa shape index (κ2) is 8.98. The zero-order chi connectivity index (χ0) is 21.0. The van der Waals surface area contributed by atoms with Gasteiger partial charge in [-0.1, -0.05) is 41.4 Å². The molecule has 1 aromatic heterocycles. The molecule has 1 heterocycles. The van der Waals surface area contributed by atoms with Gasteiger partial charge in [0, 0.05) is 33.6 Å². The van der Waals surface area contributed by atoms with Crippen LogP contribution in [0.25, 0.3) is 6.08 Å². The van der Waals surface area contributed by atoms with Gasteiger partial charge in [0.1, 0.15) is 0 Å². The average molecular weight is 457 g/mol. The monoisotopic (exact) mass is 456 g/mol. The lowest BCUT2D eigenvalue weighted by Crippen LogP contribution is -2.07. The number of alkyl halides is 3. The summed E-state index contributed by atoms with van der Waals surface area (Å²) in [6.45, 7) is 0. The number of carbonyl (C=O) groups excluding carboxylic acids is 1. The number of thiazole rings is 1. The molecule has 0 aliphatic carbocycles. The summed E-state index contributed by atoms with van der Waals surface area (Å²) in [5.74, 6) is -0.493. The molecule has 2 aromatic carbocycles. The Morgan fingerprint density at radius 2 is 1.97 bits per heavy atom. The molecule has 0 bridgehead atoms. The van der Waals surface area contributed by atoms with Crippen LogP contribution in [0.15, 0.2) is 54.7 Å². The maximum atomic E-state index is 12.7. The van der Waals surface area contributed by atoms with Gasteiger partial charge < -0.3 is 0 Å². The Hall–Kier alpha value is -2.35. The molecule has 0 radical (unpaired) electrons. The van der Waals surface area contributed by atoms with Crippen LogP contribution in [0.5, 0.6) is 0 Å². The van der Waals surface area contributed by atoms with Gasteiger partial charge in [0.25, 0.3) is 0 Å². The van der Waals surface area contributed by atoms with Gasteiger partial charge in [-0.2, -0.15) is 13.2 Å². The van der Waals surface area contributed by atoms with Crippen molar-refractivity contribution in [1.29, 1.82) is 0 Å². The third-order valence-electron chi connectivity index (χ3n) is 3.80. The van der Waals surface area contributed by atoms with E-state index in [1.807, 2.05) is 6.07 Å². The van der Waals surface area contributed by atoms with E-state index in [0.29, 0.717) is 21.6 Å². The minimum absolute atomic E-state index is 0.271. The Morgan fingerprint density at radius 3 is 2.69 bits per heavy atom. The molecule has 0 saturated heterocycles. The number of hydrogen-bond donors (Lipinski definition) is 1. The molecule has 1 amide bonds. The number of amides is 1. The predicted octanol–water partition coefficient (Wildman–Crippen LogP) is 6.71. The Bertz CT molecular complexity index is 1060. The van der Waals surface area contributed by atoms with Gasteiger partial charge in [0.2, 0.25) is 5.91 Å². The molecule has 0 unspecified atom stereocenters. The van der Waals surface area contributed by atoms with Gasteiger partial charge in [-0.15, -0.1) is 11.3 Å². The number of nitrogens with zero attached hydrogens (tertiary/aromatic N) is 1. The van der Waals surface area contributed by atoms with E-state index in [1.165, 1.54) is 29.5 Å². The first-order chi connectivity index (χ1) is 13.7. The SMILES string of the molecule is O=C(/C=C/c1cccc(C(F)(F)F)c1)Nc1ncc(Cc2ccc(Cl)cc2Cl)s1.